The summed E-state index contributed by atoms with van der Waals surface area (Å²) in [6.07, 6.45) is 1.96. The molecule has 2 aromatic rings. The van der Waals surface area contributed by atoms with E-state index in [9.17, 15) is 4.79 Å². The number of fused-ring (bicyclic) bond motifs is 3. The molecule has 25 heavy (non-hydrogen) atoms. The van der Waals surface area contributed by atoms with Crippen LogP contribution >= 0.6 is 12.4 Å². The second kappa shape index (κ2) is 7.89. The minimum absolute atomic E-state index is 0. The summed E-state index contributed by atoms with van der Waals surface area (Å²) in [5, 5.41) is 6.24. The Bertz CT molecular complexity index is 698. The first-order chi connectivity index (χ1) is 11.8. The van der Waals surface area contributed by atoms with Crippen LogP contribution < -0.4 is 10.6 Å². The van der Waals surface area contributed by atoms with Crippen LogP contribution in [-0.4, -0.2) is 31.8 Å². The monoisotopic (exact) mass is 358 g/mol. The highest BCUT2D eigenvalue weighted by Gasteiger charge is 2.29. The highest BCUT2D eigenvalue weighted by Crippen LogP contribution is 2.44. The van der Waals surface area contributed by atoms with Crippen molar-refractivity contribution < 1.29 is 9.53 Å². The zero-order chi connectivity index (χ0) is 16.4. The SMILES string of the molecule is Cl.O=C(NCC1CCCN1)OCC1c2ccccc2-c2ccccc21. The van der Waals surface area contributed by atoms with Crippen molar-refractivity contribution in [3.63, 3.8) is 0 Å². The number of hydrogen-bond donors (Lipinski definition) is 2. The molecule has 0 spiro atoms. The number of carbonyl (C=O) groups excluding carboxylic acids is 1. The molecular formula is C20H23ClN2O2. The molecule has 4 rings (SSSR count). The van der Waals surface area contributed by atoms with Crippen molar-refractivity contribution in [2.24, 2.45) is 0 Å². The van der Waals surface area contributed by atoms with E-state index in [0.29, 0.717) is 19.2 Å². The van der Waals surface area contributed by atoms with Crippen LogP contribution in [0.25, 0.3) is 11.1 Å². The topological polar surface area (TPSA) is 50.4 Å². The molecule has 132 valence electrons. The predicted octanol–water partition coefficient (Wildman–Crippen LogP) is 3.70. The maximum atomic E-state index is 12.0. The molecule has 1 heterocycles. The number of alkyl carbamates (subject to hydrolysis) is 1. The maximum absolute atomic E-state index is 12.0. The normalized spacial score (nSPS) is 18.2. The van der Waals surface area contributed by atoms with Gasteiger partial charge in [0.15, 0.2) is 0 Å². The van der Waals surface area contributed by atoms with E-state index in [1.165, 1.54) is 28.7 Å². The Kier molecular flexibility index (Phi) is 5.61. The van der Waals surface area contributed by atoms with Crippen molar-refractivity contribution >= 4 is 18.5 Å². The second-order valence-electron chi connectivity index (χ2n) is 6.50. The van der Waals surface area contributed by atoms with Crippen molar-refractivity contribution in [2.45, 2.75) is 24.8 Å². The molecule has 1 fully saturated rings. The molecule has 1 saturated heterocycles. The summed E-state index contributed by atoms with van der Waals surface area (Å²) in [5.41, 5.74) is 4.97. The molecule has 1 aliphatic heterocycles. The van der Waals surface area contributed by atoms with E-state index in [2.05, 4.69) is 47.0 Å². The highest BCUT2D eigenvalue weighted by molar-refractivity contribution is 5.85. The van der Waals surface area contributed by atoms with Crippen molar-refractivity contribution in [2.75, 3.05) is 19.7 Å². The molecule has 4 nitrogen and oxygen atoms in total. The van der Waals surface area contributed by atoms with E-state index in [1.807, 2.05) is 12.1 Å². The first kappa shape index (κ1) is 17.8. The number of halogens is 1. The summed E-state index contributed by atoms with van der Waals surface area (Å²) in [6.45, 7) is 2.05. The predicted molar refractivity (Wildman–Crippen MR) is 101 cm³/mol. The first-order valence-electron chi connectivity index (χ1n) is 8.65. The lowest BCUT2D eigenvalue weighted by Crippen LogP contribution is -2.37. The van der Waals surface area contributed by atoms with Crippen molar-refractivity contribution in [1.82, 2.24) is 10.6 Å². The lowest BCUT2D eigenvalue weighted by Gasteiger charge is -2.16. The largest absolute Gasteiger partial charge is 0.449 e. The van der Waals surface area contributed by atoms with Gasteiger partial charge in [0.1, 0.15) is 6.61 Å². The number of benzene rings is 2. The molecule has 2 aliphatic rings. The number of carbonyl (C=O) groups is 1. The molecule has 1 atom stereocenters. The van der Waals surface area contributed by atoms with Gasteiger partial charge in [0.2, 0.25) is 0 Å². The van der Waals surface area contributed by atoms with Crippen LogP contribution in [0.3, 0.4) is 0 Å². The van der Waals surface area contributed by atoms with Crippen LogP contribution in [0.2, 0.25) is 0 Å². The molecule has 0 bridgehead atoms. The molecule has 2 aromatic carbocycles. The Morgan fingerprint density at radius 2 is 1.72 bits per heavy atom. The van der Waals surface area contributed by atoms with Crippen LogP contribution in [0.15, 0.2) is 48.5 Å². The molecule has 2 N–H and O–H groups in total. The van der Waals surface area contributed by atoms with Crippen LogP contribution in [0.5, 0.6) is 0 Å². The summed E-state index contributed by atoms with van der Waals surface area (Å²) >= 11 is 0. The van der Waals surface area contributed by atoms with E-state index >= 15 is 0 Å². The van der Waals surface area contributed by atoms with Crippen LogP contribution in [0.1, 0.15) is 29.9 Å². The summed E-state index contributed by atoms with van der Waals surface area (Å²) < 4.78 is 5.52. The Labute approximate surface area is 154 Å². The average molecular weight is 359 g/mol. The fraction of sp³-hybridized carbons (Fsp3) is 0.350. The fourth-order valence-electron chi connectivity index (χ4n) is 3.79. The lowest BCUT2D eigenvalue weighted by atomic mass is 9.98. The summed E-state index contributed by atoms with van der Waals surface area (Å²) in [5.74, 6) is 0.118. The van der Waals surface area contributed by atoms with Gasteiger partial charge in [-0.15, -0.1) is 12.4 Å². The van der Waals surface area contributed by atoms with Gasteiger partial charge < -0.3 is 15.4 Å². The molecule has 5 heteroatoms. The standard InChI is InChI=1S/C20H22N2O2.ClH/c23-20(22-12-14-6-5-11-21-14)24-13-19-17-9-3-1-7-15(17)16-8-2-4-10-18(16)19;/h1-4,7-10,14,19,21H,5-6,11-13H2,(H,22,23);1H. The van der Waals surface area contributed by atoms with Gasteiger partial charge in [0, 0.05) is 18.5 Å². The van der Waals surface area contributed by atoms with E-state index in [0.717, 1.165) is 13.0 Å². The van der Waals surface area contributed by atoms with Crippen molar-refractivity contribution in [3.05, 3.63) is 59.7 Å². The van der Waals surface area contributed by atoms with Gasteiger partial charge in [0.25, 0.3) is 0 Å². The Hall–Kier alpha value is -2.04. The summed E-state index contributed by atoms with van der Waals surface area (Å²) in [6, 6.07) is 17.1. The van der Waals surface area contributed by atoms with Crippen LogP contribution in [0.4, 0.5) is 4.79 Å². The number of ether oxygens (including phenoxy) is 1. The highest BCUT2D eigenvalue weighted by atomic mass is 35.5. The fourth-order valence-corrected chi connectivity index (χ4v) is 3.79. The molecule has 1 amide bonds. The Morgan fingerprint density at radius 3 is 2.32 bits per heavy atom. The third-order valence-electron chi connectivity index (χ3n) is 5.00. The number of hydrogen-bond acceptors (Lipinski definition) is 3. The summed E-state index contributed by atoms with van der Waals surface area (Å²) in [4.78, 5) is 12.0. The first-order valence-corrected chi connectivity index (χ1v) is 8.65. The van der Waals surface area contributed by atoms with Gasteiger partial charge in [-0.2, -0.15) is 0 Å². The minimum atomic E-state index is -0.328. The van der Waals surface area contributed by atoms with Gasteiger partial charge in [-0.1, -0.05) is 48.5 Å². The molecular weight excluding hydrogens is 336 g/mol. The minimum Gasteiger partial charge on any atom is -0.449 e. The van der Waals surface area contributed by atoms with Crippen LogP contribution in [-0.2, 0) is 4.74 Å². The third-order valence-corrected chi connectivity index (χ3v) is 5.00. The molecule has 0 saturated carbocycles. The quantitative estimate of drug-likeness (QED) is 0.876. The smallest absolute Gasteiger partial charge is 0.407 e. The van der Waals surface area contributed by atoms with Gasteiger partial charge in [-0.05, 0) is 41.6 Å². The van der Waals surface area contributed by atoms with E-state index < -0.39 is 0 Å². The number of nitrogens with one attached hydrogen (secondary N) is 2. The average Bonchev–Trinajstić information content (AvgIpc) is 3.25. The Balaban J connectivity index is 0.00000182. The van der Waals surface area contributed by atoms with Gasteiger partial charge >= 0.3 is 6.09 Å². The summed E-state index contributed by atoms with van der Waals surface area (Å²) in [7, 11) is 0. The molecule has 0 aromatic heterocycles. The van der Waals surface area contributed by atoms with Gasteiger partial charge in [-0.3, -0.25) is 0 Å². The van der Waals surface area contributed by atoms with Crippen LogP contribution in [0, 0.1) is 0 Å². The van der Waals surface area contributed by atoms with E-state index in [-0.39, 0.29) is 24.4 Å². The lowest BCUT2D eigenvalue weighted by molar-refractivity contribution is 0.142. The van der Waals surface area contributed by atoms with Gasteiger partial charge in [0.05, 0.1) is 0 Å². The third kappa shape index (κ3) is 3.65. The van der Waals surface area contributed by atoms with Crippen molar-refractivity contribution in [1.29, 1.82) is 0 Å². The second-order valence-corrected chi connectivity index (χ2v) is 6.50. The van der Waals surface area contributed by atoms with Gasteiger partial charge in [-0.25, -0.2) is 4.79 Å². The number of rotatable bonds is 4. The molecule has 1 aliphatic carbocycles. The van der Waals surface area contributed by atoms with E-state index in [4.69, 9.17) is 4.74 Å². The maximum Gasteiger partial charge on any atom is 0.407 e. The van der Waals surface area contributed by atoms with Crippen molar-refractivity contribution in [3.8, 4) is 11.1 Å². The number of amides is 1. The Morgan fingerprint density at radius 1 is 1.08 bits per heavy atom. The van der Waals surface area contributed by atoms with E-state index in [1.54, 1.807) is 0 Å². The zero-order valence-electron chi connectivity index (χ0n) is 14.0. The molecule has 1 unspecified atom stereocenters. The molecule has 0 radical (unpaired) electrons. The zero-order valence-corrected chi connectivity index (χ0v) is 14.9.